The summed E-state index contributed by atoms with van der Waals surface area (Å²) in [4.78, 5) is 36.1. The van der Waals surface area contributed by atoms with Crippen molar-refractivity contribution in [1.29, 1.82) is 0 Å². The number of carbonyl (C=O) groups excluding carboxylic acids is 3. The Morgan fingerprint density at radius 1 is 0.914 bits per heavy atom. The molecule has 0 radical (unpaired) electrons. The van der Waals surface area contributed by atoms with Crippen LogP contribution in [0, 0.1) is 6.92 Å². The number of benzene rings is 3. The molecule has 0 fully saturated rings. The molecular weight excluding hydrogens is 516 g/mol. The van der Waals surface area contributed by atoms with E-state index in [0.29, 0.717) is 28.4 Å². The minimum atomic E-state index is -0.927. The number of methoxy groups -OCH3 is 1. The zero-order valence-electron chi connectivity index (χ0n) is 19.0. The first-order chi connectivity index (χ1) is 16.8. The molecule has 0 bridgehead atoms. The number of rotatable bonds is 8. The van der Waals surface area contributed by atoms with Crippen molar-refractivity contribution in [2.75, 3.05) is 24.4 Å². The molecule has 9 nitrogen and oxygen atoms in total. The molecule has 35 heavy (non-hydrogen) atoms. The van der Waals surface area contributed by atoms with Crippen LogP contribution in [0.5, 0.6) is 11.5 Å². The summed E-state index contributed by atoms with van der Waals surface area (Å²) in [7, 11) is 1.53. The number of hydrogen-bond acceptors (Lipinski definition) is 6. The van der Waals surface area contributed by atoms with Gasteiger partial charge in [-0.3, -0.25) is 14.4 Å². The van der Waals surface area contributed by atoms with E-state index in [9.17, 15) is 14.4 Å². The minimum Gasteiger partial charge on any atom is -0.497 e. The highest BCUT2D eigenvalue weighted by Crippen LogP contribution is 2.20. The molecule has 3 amide bonds. The molecule has 0 heterocycles. The summed E-state index contributed by atoms with van der Waals surface area (Å²) in [5, 5.41) is 9.03. The van der Waals surface area contributed by atoms with Crippen LogP contribution < -0.4 is 25.5 Å². The Bertz CT molecular complexity index is 1240. The average molecular weight is 539 g/mol. The smallest absolute Gasteiger partial charge is 0.329 e. The maximum Gasteiger partial charge on any atom is 0.329 e. The summed E-state index contributed by atoms with van der Waals surface area (Å²) in [6.45, 7) is 1.75. The zero-order chi connectivity index (χ0) is 25.2. The first kappa shape index (κ1) is 25.4. The lowest BCUT2D eigenvalue weighted by Crippen LogP contribution is -2.32. The fraction of sp³-hybridized carbons (Fsp3) is 0.120. The first-order valence-corrected chi connectivity index (χ1v) is 11.2. The fourth-order valence-corrected chi connectivity index (χ4v) is 3.08. The fourth-order valence-electron chi connectivity index (χ4n) is 2.83. The van der Waals surface area contributed by atoms with E-state index in [0.717, 1.165) is 10.0 Å². The quantitative estimate of drug-likeness (QED) is 0.228. The second-order valence-electron chi connectivity index (χ2n) is 7.26. The van der Waals surface area contributed by atoms with Gasteiger partial charge in [-0.15, -0.1) is 0 Å². The summed E-state index contributed by atoms with van der Waals surface area (Å²) < 4.78 is 11.5. The highest BCUT2D eigenvalue weighted by Gasteiger charge is 2.13. The van der Waals surface area contributed by atoms with Crippen molar-refractivity contribution < 1.29 is 23.9 Å². The van der Waals surface area contributed by atoms with Gasteiger partial charge in [0, 0.05) is 15.8 Å². The molecule has 3 aromatic carbocycles. The van der Waals surface area contributed by atoms with Gasteiger partial charge in [-0.25, -0.2) is 5.43 Å². The molecule has 3 aromatic rings. The number of carbonyl (C=O) groups is 3. The number of hydrogen-bond donors (Lipinski definition) is 3. The average Bonchev–Trinajstić information content (AvgIpc) is 2.85. The van der Waals surface area contributed by atoms with Gasteiger partial charge < -0.3 is 20.1 Å². The van der Waals surface area contributed by atoms with Crippen LogP contribution in [0.25, 0.3) is 0 Å². The van der Waals surface area contributed by atoms with E-state index in [1.165, 1.54) is 13.3 Å². The van der Waals surface area contributed by atoms with E-state index < -0.39 is 11.8 Å². The molecular formula is C25H23BrN4O5. The Labute approximate surface area is 210 Å². The van der Waals surface area contributed by atoms with Crippen molar-refractivity contribution in [3.05, 3.63) is 82.3 Å². The number of halogens is 1. The second-order valence-corrected chi connectivity index (χ2v) is 8.11. The highest BCUT2D eigenvalue weighted by atomic mass is 79.9. The maximum atomic E-state index is 12.2. The Morgan fingerprint density at radius 3 is 2.37 bits per heavy atom. The second kappa shape index (κ2) is 12.3. The molecule has 180 valence electrons. The van der Waals surface area contributed by atoms with Crippen molar-refractivity contribution in [2.24, 2.45) is 5.10 Å². The third-order valence-electron chi connectivity index (χ3n) is 4.60. The third kappa shape index (κ3) is 7.97. The third-order valence-corrected chi connectivity index (χ3v) is 5.49. The normalized spacial score (nSPS) is 10.5. The van der Waals surface area contributed by atoms with Crippen LogP contribution >= 0.6 is 15.9 Å². The molecule has 0 aliphatic carbocycles. The van der Waals surface area contributed by atoms with Crippen LogP contribution in [0.4, 0.5) is 11.4 Å². The largest absolute Gasteiger partial charge is 0.497 e. The van der Waals surface area contributed by atoms with Crippen LogP contribution in [0.2, 0.25) is 0 Å². The lowest BCUT2D eigenvalue weighted by Gasteiger charge is -2.09. The van der Waals surface area contributed by atoms with Crippen LogP contribution in [0.1, 0.15) is 11.1 Å². The Kier molecular flexibility index (Phi) is 8.96. The lowest BCUT2D eigenvalue weighted by atomic mass is 10.2. The van der Waals surface area contributed by atoms with Gasteiger partial charge in [0.2, 0.25) is 0 Å². The number of nitrogens with one attached hydrogen (secondary N) is 3. The van der Waals surface area contributed by atoms with E-state index in [2.05, 4.69) is 37.1 Å². The molecule has 3 N–H and O–H groups in total. The van der Waals surface area contributed by atoms with Crippen molar-refractivity contribution >= 4 is 51.2 Å². The van der Waals surface area contributed by atoms with Crippen LogP contribution in [-0.2, 0) is 14.4 Å². The highest BCUT2D eigenvalue weighted by molar-refractivity contribution is 9.10. The summed E-state index contributed by atoms with van der Waals surface area (Å²) in [6, 6.07) is 18.8. The Balaban J connectivity index is 1.47. The summed E-state index contributed by atoms with van der Waals surface area (Å²) in [6.07, 6.45) is 1.36. The van der Waals surface area contributed by atoms with Crippen LogP contribution in [-0.4, -0.2) is 37.7 Å². The topological polar surface area (TPSA) is 118 Å². The number of nitrogens with zero attached hydrogens (tertiary/aromatic N) is 1. The molecule has 0 saturated heterocycles. The summed E-state index contributed by atoms with van der Waals surface area (Å²) in [5.41, 5.74) is 4.88. The lowest BCUT2D eigenvalue weighted by molar-refractivity contribution is -0.136. The summed E-state index contributed by atoms with van der Waals surface area (Å²) in [5.74, 6) is -1.02. The van der Waals surface area contributed by atoms with Gasteiger partial charge in [0.05, 0.1) is 13.3 Å². The monoisotopic (exact) mass is 538 g/mol. The SMILES string of the molecule is COc1ccc(NC(=O)C(=O)N/N=C\c2cccc(OCC(=O)Nc3ccc(Br)c(C)c3)c2)cc1. The number of ether oxygens (including phenoxy) is 2. The molecule has 0 spiro atoms. The predicted octanol–water partition coefficient (Wildman–Crippen LogP) is 3.87. The van der Waals surface area contributed by atoms with Crippen molar-refractivity contribution in [1.82, 2.24) is 5.43 Å². The van der Waals surface area contributed by atoms with Crippen molar-refractivity contribution in [3.8, 4) is 11.5 Å². The molecule has 0 atom stereocenters. The number of anilines is 2. The predicted molar refractivity (Wildman–Crippen MR) is 137 cm³/mol. The van der Waals surface area contributed by atoms with Crippen LogP contribution in [0.15, 0.2) is 76.3 Å². The van der Waals surface area contributed by atoms with Gasteiger partial charge in [-0.1, -0.05) is 28.1 Å². The van der Waals surface area contributed by atoms with Crippen LogP contribution in [0.3, 0.4) is 0 Å². The van der Waals surface area contributed by atoms with Gasteiger partial charge in [0.25, 0.3) is 5.91 Å². The molecule has 0 aliphatic rings. The van der Waals surface area contributed by atoms with E-state index in [1.54, 1.807) is 54.6 Å². The Morgan fingerprint density at radius 2 is 1.66 bits per heavy atom. The first-order valence-electron chi connectivity index (χ1n) is 10.4. The van der Waals surface area contributed by atoms with Gasteiger partial charge >= 0.3 is 11.8 Å². The number of aryl methyl sites for hydroxylation is 1. The molecule has 3 rings (SSSR count). The number of hydrazone groups is 1. The minimum absolute atomic E-state index is 0.183. The molecule has 10 heteroatoms. The Hall–Kier alpha value is -4.18. The molecule has 0 aromatic heterocycles. The van der Waals surface area contributed by atoms with E-state index in [-0.39, 0.29) is 12.5 Å². The number of amides is 3. The van der Waals surface area contributed by atoms with Crippen molar-refractivity contribution in [2.45, 2.75) is 6.92 Å². The zero-order valence-corrected chi connectivity index (χ0v) is 20.6. The van der Waals surface area contributed by atoms with Gasteiger partial charge in [0.15, 0.2) is 6.61 Å². The van der Waals surface area contributed by atoms with E-state index in [4.69, 9.17) is 9.47 Å². The standard InChI is InChI=1S/C25H23BrN4O5/c1-16-12-19(8-11-22(16)26)28-23(31)15-35-21-5-3-4-17(13-21)14-27-30-25(33)24(32)29-18-6-9-20(34-2)10-7-18/h3-14H,15H2,1-2H3,(H,28,31)(H,29,32)(H,30,33)/b27-14-. The van der Waals surface area contributed by atoms with E-state index in [1.807, 2.05) is 19.1 Å². The molecule has 0 saturated carbocycles. The van der Waals surface area contributed by atoms with Gasteiger partial charge in [-0.05, 0) is 72.6 Å². The van der Waals surface area contributed by atoms with E-state index >= 15 is 0 Å². The van der Waals surface area contributed by atoms with Crippen molar-refractivity contribution in [3.63, 3.8) is 0 Å². The summed E-state index contributed by atoms with van der Waals surface area (Å²) >= 11 is 3.42. The molecule has 0 unspecified atom stereocenters. The van der Waals surface area contributed by atoms with Gasteiger partial charge in [-0.2, -0.15) is 5.10 Å². The molecule has 0 aliphatic heterocycles. The maximum absolute atomic E-state index is 12.2. The van der Waals surface area contributed by atoms with Gasteiger partial charge in [0.1, 0.15) is 11.5 Å².